The predicted octanol–water partition coefficient (Wildman–Crippen LogP) is 4.64. The van der Waals surface area contributed by atoms with Gasteiger partial charge in [-0.3, -0.25) is 9.80 Å². The monoisotopic (exact) mass is 529 g/mol. The topological polar surface area (TPSA) is 105 Å². The fourth-order valence-electron chi connectivity index (χ4n) is 4.47. The number of rotatable bonds is 6. The Bertz CT molecular complexity index is 1240. The third-order valence-electron chi connectivity index (χ3n) is 6.23. The van der Waals surface area contributed by atoms with E-state index in [4.69, 9.17) is 37.7 Å². The van der Waals surface area contributed by atoms with E-state index >= 15 is 0 Å². The lowest BCUT2D eigenvalue weighted by Crippen LogP contribution is -2.55. The zero-order valence-electron chi connectivity index (χ0n) is 19.8. The minimum absolute atomic E-state index is 0.0667. The molecule has 3 aromatic rings. The fraction of sp³-hybridized carbons (Fsp3) is 0.333. The van der Waals surface area contributed by atoms with Crippen LogP contribution in [0, 0.1) is 0 Å². The number of amides is 2. The van der Waals surface area contributed by atoms with Crippen molar-refractivity contribution in [3.05, 3.63) is 52.3 Å². The van der Waals surface area contributed by atoms with E-state index in [2.05, 4.69) is 20.6 Å². The molecule has 4 heterocycles. The van der Waals surface area contributed by atoms with Crippen LogP contribution in [0.15, 0.2) is 36.7 Å². The fourth-order valence-corrected chi connectivity index (χ4v) is 5.17. The number of aromatic nitrogens is 3. The van der Waals surface area contributed by atoms with Crippen LogP contribution in [-0.2, 0) is 6.54 Å². The van der Waals surface area contributed by atoms with Crippen molar-refractivity contribution in [2.75, 3.05) is 42.4 Å². The summed E-state index contributed by atoms with van der Waals surface area (Å²) in [6, 6.07) is 6.76. The molecule has 2 N–H and O–H groups in total. The molecule has 0 radical (unpaired) electrons. The Morgan fingerprint density at radius 3 is 2.44 bits per heavy atom. The van der Waals surface area contributed by atoms with Crippen molar-refractivity contribution in [1.82, 2.24) is 20.3 Å². The van der Waals surface area contributed by atoms with Gasteiger partial charge in [-0.15, -0.1) is 0 Å². The molecule has 2 amide bonds. The van der Waals surface area contributed by atoms with Crippen LogP contribution in [-0.4, -0.2) is 54.3 Å². The number of hydrogen-bond acceptors (Lipinski definition) is 8. The summed E-state index contributed by atoms with van der Waals surface area (Å²) < 4.78 is 10.8. The summed E-state index contributed by atoms with van der Waals surface area (Å²) in [5.74, 6) is 2.22. The molecule has 2 aliphatic heterocycles. The quantitative estimate of drug-likeness (QED) is 0.475. The third kappa shape index (κ3) is 4.47. The Morgan fingerprint density at radius 1 is 1.08 bits per heavy atom. The van der Waals surface area contributed by atoms with Crippen LogP contribution in [0.2, 0.25) is 10.0 Å². The van der Waals surface area contributed by atoms with Crippen LogP contribution in [0.25, 0.3) is 0 Å². The number of pyridine rings is 1. The van der Waals surface area contributed by atoms with Gasteiger partial charge in [0.05, 0.1) is 26.5 Å². The molecule has 0 spiro atoms. The highest BCUT2D eigenvalue weighted by Gasteiger charge is 2.40. The number of carbonyl (C=O) groups is 1. The number of piperidine rings is 1. The number of urea groups is 1. The molecule has 188 valence electrons. The van der Waals surface area contributed by atoms with Crippen molar-refractivity contribution in [1.29, 1.82) is 0 Å². The molecule has 0 atom stereocenters. The maximum atomic E-state index is 14.1. The van der Waals surface area contributed by atoms with Crippen LogP contribution in [0.1, 0.15) is 18.4 Å². The highest BCUT2D eigenvalue weighted by Crippen LogP contribution is 2.48. The van der Waals surface area contributed by atoms with E-state index in [0.29, 0.717) is 34.8 Å². The number of nitrogens with zero attached hydrogens (tertiary/aromatic N) is 5. The van der Waals surface area contributed by atoms with Crippen LogP contribution in [0.4, 0.5) is 28.1 Å². The van der Waals surface area contributed by atoms with Crippen molar-refractivity contribution in [2.45, 2.75) is 25.4 Å². The zero-order valence-corrected chi connectivity index (χ0v) is 21.3. The van der Waals surface area contributed by atoms with E-state index in [1.165, 1.54) is 19.1 Å². The van der Waals surface area contributed by atoms with Gasteiger partial charge in [-0.25, -0.2) is 14.8 Å². The lowest BCUT2D eigenvalue weighted by Gasteiger charge is -2.42. The second-order valence-electron chi connectivity index (χ2n) is 8.36. The number of nitrogens with one attached hydrogen (secondary N) is 2. The average molecular weight is 530 g/mol. The van der Waals surface area contributed by atoms with Crippen LogP contribution >= 0.6 is 23.2 Å². The number of hydrogen-bond donors (Lipinski definition) is 2. The number of carbonyl (C=O) groups excluding carboxylic acids is 1. The van der Waals surface area contributed by atoms with E-state index in [0.717, 1.165) is 31.5 Å². The number of anilines is 4. The predicted molar refractivity (Wildman–Crippen MR) is 139 cm³/mol. The summed E-state index contributed by atoms with van der Waals surface area (Å²) in [6.07, 6.45) is 4.93. The molecule has 0 bridgehead atoms. The van der Waals surface area contributed by atoms with Crippen LogP contribution < -0.4 is 29.9 Å². The molecule has 10 nitrogen and oxygen atoms in total. The Hall–Kier alpha value is -3.34. The normalized spacial score (nSPS) is 16.1. The van der Waals surface area contributed by atoms with Gasteiger partial charge in [-0.05, 0) is 38.1 Å². The molecule has 0 saturated carbocycles. The van der Waals surface area contributed by atoms with Gasteiger partial charge in [0.15, 0.2) is 0 Å². The van der Waals surface area contributed by atoms with Crippen LogP contribution in [0.3, 0.4) is 0 Å². The number of ether oxygens (including phenoxy) is 2. The Labute approximate surface area is 218 Å². The molecule has 5 rings (SSSR count). The lowest BCUT2D eigenvalue weighted by molar-refractivity contribution is 0.245. The molecular weight excluding hydrogens is 505 g/mol. The van der Waals surface area contributed by atoms with Crippen LogP contribution in [0.5, 0.6) is 11.5 Å². The Balaban J connectivity index is 1.60. The summed E-state index contributed by atoms with van der Waals surface area (Å²) >= 11 is 13.4. The van der Waals surface area contributed by atoms with Crippen molar-refractivity contribution < 1.29 is 14.3 Å². The second kappa shape index (κ2) is 10.3. The molecule has 36 heavy (non-hydrogen) atoms. The van der Waals surface area contributed by atoms with Gasteiger partial charge in [0, 0.05) is 30.1 Å². The minimum atomic E-state index is -0.281. The number of methoxy groups -OCH3 is 2. The standard InChI is InChI=1S/C24H25Cl2N7O3/c1-35-16-11-17(36-2)20(26)21(19(16)25)32-13-14-12-29-23(30-18-5-3-4-8-28-18)31-22(14)33(24(32)34)15-6-9-27-10-7-15/h3-5,8,11-12,15,27H,6-7,9-10,13H2,1-2H3,(H,28,29,30,31). The summed E-state index contributed by atoms with van der Waals surface area (Å²) in [4.78, 5) is 30.9. The molecule has 2 aliphatic rings. The zero-order chi connectivity index (χ0) is 25.2. The maximum absolute atomic E-state index is 14.1. The van der Waals surface area contributed by atoms with Crippen molar-refractivity contribution in [3.63, 3.8) is 0 Å². The molecule has 2 aromatic heterocycles. The largest absolute Gasteiger partial charge is 0.495 e. The maximum Gasteiger partial charge on any atom is 0.330 e. The first-order valence-corrected chi connectivity index (χ1v) is 12.2. The van der Waals surface area contributed by atoms with E-state index < -0.39 is 0 Å². The molecule has 1 aromatic carbocycles. The Morgan fingerprint density at radius 2 is 1.81 bits per heavy atom. The van der Waals surface area contributed by atoms with Gasteiger partial charge >= 0.3 is 6.03 Å². The third-order valence-corrected chi connectivity index (χ3v) is 6.96. The highest BCUT2D eigenvalue weighted by atomic mass is 35.5. The first-order valence-electron chi connectivity index (χ1n) is 11.5. The summed E-state index contributed by atoms with van der Waals surface area (Å²) in [6.45, 7) is 1.76. The van der Waals surface area contributed by atoms with Gasteiger partial charge in [-0.2, -0.15) is 4.98 Å². The molecule has 12 heteroatoms. The number of fused-ring (bicyclic) bond motifs is 1. The highest BCUT2D eigenvalue weighted by molar-refractivity contribution is 6.42. The summed E-state index contributed by atoms with van der Waals surface area (Å²) in [5.41, 5.74) is 1.08. The number of halogens is 2. The van der Waals surface area contributed by atoms with Gasteiger partial charge in [0.1, 0.15) is 33.2 Å². The van der Waals surface area contributed by atoms with E-state index in [1.54, 1.807) is 23.4 Å². The first kappa shape index (κ1) is 24.4. The molecule has 1 saturated heterocycles. The average Bonchev–Trinajstić information content (AvgIpc) is 2.90. The summed E-state index contributed by atoms with van der Waals surface area (Å²) in [5, 5.41) is 6.90. The molecule has 1 fully saturated rings. The first-order chi connectivity index (χ1) is 17.5. The molecule has 0 aliphatic carbocycles. The minimum Gasteiger partial charge on any atom is -0.495 e. The molecular formula is C24H25Cl2N7O3. The number of benzene rings is 1. The SMILES string of the molecule is COc1cc(OC)c(Cl)c(N2Cc3cnc(Nc4ccccn4)nc3N(C3CCNCC3)C2=O)c1Cl. The van der Waals surface area contributed by atoms with E-state index in [9.17, 15) is 4.79 Å². The Kier molecular flexibility index (Phi) is 6.99. The second-order valence-corrected chi connectivity index (χ2v) is 9.12. The summed E-state index contributed by atoms with van der Waals surface area (Å²) in [7, 11) is 2.99. The van der Waals surface area contributed by atoms with Crippen molar-refractivity contribution in [2.24, 2.45) is 0 Å². The lowest BCUT2D eigenvalue weighted by atomic mass is 10.0. The van der Waals surface area contributed by atoms with Gasteiger partial charge in [0.2, 0.25) is 5.95 Å². The van der Waals surface area contributed by atoms with Crippen molar-refractivity contribution in [3.8, 4) is 11.5 Å². The van der Waals surface area contributed by atoms with Crippen molar-refractivity contribution >= 4 is 52.5 Å². The van der Waals surface area contributed by atoms with E-state index in [-0.39, 0.29) is 28.7 Å². The van der Waals surface area contributed by atoms with E-state index in [1.807, 2.05) is 18.2 Å². The van der Waals surface area contributed by atoms with Gasteiger partial charge in [0.25, 0.3) is 0 Å². The van der Waals surface area contributed by atoms with Gasteiger partial charge < -0.3 is 20.1 Å². The molecule has 0 unspecified atom stereocenters. The smallest absolute Gasteiger partial charge is 0.330 e. The van der Waals surface area contributed by atoms with Gasteiger partial charge in [-0.1, -0.05) is 29.3 Å².